The number of aryl methyl sites for hydroxylation is 2. The number of methoxy groups -OCH3 is 1. The number of aromatic nitrogens is 2. The molecule has 2 heterocycles. The number of hydrogen-bond donors (Lipinski definition) is 0. The van der Waals surface area contributed by atoms with Gasteiger partial charge in [-0.15, -0.1) is 10.2 Å². The molecular weight excluding hydrogens is 336 g/mol. The first-order valence-corrected chi connectivity index (χ1v) is 8.76. The normalized spacial score (nSPS) is 11.4. The maximum absolute atomic E-state index is 5.26. The molecule has 0 N–H and O–H groups in total. The maximum atomic E-state index is 5.26. The lowest BCUT2D eigenvalue weighted by Crippen LogP contribution is -1.85. The zero-order chi connectivity index (χ0) is 18.8. The highest BCUT2D eigenvalue weighted by Gasteiger charge is 2.15. The maximum Gasteiger partial charge on any atom is 0.187 e. The summed E-state index contributed by atoms with van der Waals surface area (Å²) in [5.41, 5.74) is 5.69. The number of imidazole rings is 1. The van der Waals surface area contributed by atoms with E-state index in [9.17, 15) is 0 Å². The van der Waals surface area contributed by atoms with Crippen LogP contribution in [0.5, 0.6) is 5.75 Å². The lowest BCUT2D eigenvalue weighted by Gasteiger charge is -2.02. The van der Waals surface area contributed by atoms with Gasteiger partial charge >= 0.3 is 0 Å². The van der Waals surface area contributed by atoms with Crippen LogP contribution in [0.1, 0.15) is 11.1 Å². The van der Waals surface area contributed by atoms with Crippen LogP contribution < -0.4 is 4.74 Å². The monoisotopic (exact) mass is 356 g/mol. The highest BCUT2D eigenvalue weighted by Crippen LogP contribution is 2.34. The van der Waals surface area contributed by atoms with Crippen molar-refractivity contribution < 1.29 is 4.74 Å². The van der Waals surface area contributed by atoms with Crippen LogP contribution in [0.3, 0.4) is 0 Å². The zero-order valence-electron chi connectivity index (χ0n) is 15.5. The van der Waals surface area contributed by atoms with Gasteiger partial charge in [-0.05, 0) is 67.4 Å². The topological polar surface area (TPSA) is 51.2 Å². The molecule has 27 heavy (non-hydrogen) atoms. The minimum absolute atomic E-state index is 0.709. The summed E-state index contributed by atoms with van der Waals surface area (Å²) in [6.07, 6.45) is 1.97. The molecule has 0 atom stereocenters. The molecule has 0 spiro atoms. The number of ether oxygens (including phenoxy) is 1. The fourth-order valence-corrected chi connectivity index (χ4v) is 3.02. The Morgan fingerprint density at radius 3 is 2.48 bits per heavy atom. The average Bonchev–Trinajstić information content (AvgIpc) is 3.06. The van der Waals surface area contributed by atoms with Crippen molar-refractivity contribution in [2.45, 2.75) is 13.8 Å². The third kappa shape index (κ3) is 3.31. The molecule has 0 aliphatic rings. The van der Waals surface area contributed by atoms with Gasteiger partial charge in [-0.1, -0.05) is 18.2 Å². The molecule has 0 saturated carbocycles. The van der Waals surface area contributed by atoms with Gasteiger partial charge < -0.3 is 4.74 Å². The van der Waals surface area contributed by atoms with Crippen molar-refractivity contribution in [2.24, 2.45) is 10.2 Å². The molecule has 0 amide bonds. The smallest absolute Gasteiger partial charge is 0.187 e. The van der Waals surface area contributed by atoms with Crippen LogP contribution in [0.2, 0.25) is 0 Å². The predicted molar refractivity (Wildman–Crippen MR) is 107 cm³/mol. The van der Waals surface area contributed by atoms with Crippen molar-refractivity contribution in [1.82, 2.24) is 9.38 Å². The molecule has 0 radical (unpaired) electrons. The van der Waals surface area contributed by atoms with E-state index in [1.165, 1.54) is 0 Å². The van der Waals surface area contributed by atoms with E-state index in [1.807, 2.05) is 85.1 Å². The average molecular weight is 356 g/mol. The van der Waals surface area contributed by atoms with Crippen LogP contribution in [0.25, 0.3) is 16.9 Å². The first kappa shape index (κ1) is 17.0. The molecule has 0 fully saturated rings. The number of pyridine rings is 1. The molecule has 0 aliphatic heterocycles. The largest absolute Gasteiger partial charge is 0.497 e. The minimum atomic E-state index is 0.709. The van der Waals surface area contributed by atoms with Crippen molar-refractivity contribution in [3.8, 4) is 17.0 Å². The molecule has 0 saturated heterocycles. The van der Waals surface area contributed by atoms with Crippen molar-refractivity contribution >= 4 is 17.2 Å². The first-order valence-electron chi connectivity index (χ1n) is 8.76. The molecule has 0 bridgehead atoms. The zero-order valence-corrected chi connectivity index (χ0v) is 15.5. The molecule has 4 rings (SSSR count). The lowest BCUT2D eigenvalue weighted by molar-refractivity contribution is 0.415. The van der Waals surface area contributed by atoms with Crippen molar-refractivity contribution in [3.05, 3.63) is 78.0 Å². The molecule has 0 aliphatic carbocycles. The molecule has 2 aromatic carbocycles. The summed E-state index contributed by atoms with van der Waals surface area (Å²) >= 11 is 0. The number of nitrogens with zero attached hydrogens (tertiary/aromatic N) is 4. The third-order valence-electron chi connectivity index (χ3n) is 4.45. The van der Waals surface area contributed by atoms with E-state index in [0.29, 0.717) is 5.82 Å². The van der Waals surface area contributed by atoms with Gasteiger partial charge in [0.2, 0.25) is 0 Å². The van der Waals surface area contributed by atoms with Gasteiger partial charge in [0.15, 0.2) is 5.82 Å². The highest BCUT2D eigenvalue weighted by atomic mass is 16.5. The Morgan fingerprint density at radius 2 is 1.74 bits per heavy atom. The Hall–Kier alpha value is -3.47. The molecular formula is C22H20N4O. The van der Waals surface area contributed by atoms with Crippen molar-refractivity contribution in [3.63, 3.8) is 0 Å². The van der Waals surface area contributed by atoms with E-state index < -0.39 is 0 Å². The Balaban J connectivity index is 1.87. The van der Waals surface area contributed by atoms with Gasteiger partial charge in [0.1, 0.15) is 17.1 Å². The Kier molecular flexibility index (Phi) is 4.42. The molecule has 2 aromatic heterocycles. The summed E-state index contributed by atoms with van der Waals surface area (Å²) in [6.45, 7) is 4.08. The van der Waals surface area contributed by atoms with E-state index in [0.717, 1.165) is 39.5 Å². The summed E-state index contributed by atoms with van der Waals surface area (Å²) in [5, 5.41) is 9.01. The number of fused-ring (bicyclic) bond motifs is 1. The molecule has 5 heteroatoms. The Morgan fingerprint density at radius 1 is 0.926 bits per heavy atom. The fourth-order valence-electron chi connectivity index (χ4n) is 3.02. The van der Waals surface area contributed by atoms with Crippen molar-refractivity contribution in [1.29, 1.82) is 0 Å². The van der Waals surface area contributed by atoms with E-state index in [-0.39, 0.29) is 0 Å². The van der Waals surface area contributed by atoms with Crippen LogP contribution in [0.15, 0.2) is 77.1 Å². The molecule has 134 valence electrons. The van der Waals surface area contributed by atoms with E-state index in [4.69, 9.17) is 9.72 Å². The van der Waals surface area contributed by atoms with Gasteiger partial charge in [0.25, 0.3) is 0 Å². The Labute approximate surface area is 158 Å². The molecule has 0 unspecified atom stereocenters. The molecule has 4 aromatic rings. The van der Waals surface area contributed by atoms with Crippen molar-refractivity contribution in [2.75, 3.05) is 7.11 Å². The summed E-state index contributed by atoms with van der Waals surface area (Å²) in [7, 11) is 1.66. The van der Waals surface area contributed by atoms with Gasteiger partial charge in [0, 0.05) is 11.8 Å². The van der Waals surface area contributed by atoms with Crippen LogP contribution in [0, 0.1) is 13.8 Å². The standard InChI is InChI=1S/C22H20N4O/c1-15-6-4-8-18(14-15)24-25-22-20(17-9-11-19(27-3)12-10-17)23-21-16(2)7-5-13-26(21)22/h4-14H,1-3H3. The third-order valence-corrected chi connectivity index (χ3v) is 4.45. The quantitative estimate of drug-likeness (QED) is 0.418. The SMILES string of the molecule is COc1ccc(-c2nc3c(C)cccn3c2N=Nc2cccc(C)c2)cc1. The summed E-state index contributed by atoms with van der Waals surface area (Å²) in [5.74, 6) is 1.52. The summed E-state index contributed by atoms with van der Waals surface area (Å²) in [6, 6.07) is 19.8. The van der Waals surface area contributed by atoms with Crippen LogP contribution in [0.4, 0.5) is 11.5 Å². The second-order valence-corrected chi connectivity index (χ2v) is 6.44. The predicted octanol–water partition coefficient (Wildman–Crippen LogP) is 6.04. The van der Waals surface area contributed by atoms with Crippen LogP contribution in [-0.4, -0.2) is 16.5 Å². The van der Waals surface area contributed by atoms with Gasteiger partial charge in [0.05, 0.1) is 12.8 Å². The number of azo groups is 1. The van der Waals surface area contributed by atoms with Gasteiger partial charge in [-0.25, -0.2) is 4.98 Å². The minimum Gasteiger partial charge on any atom is -0.497 e. The van der Waals surface area contributed by atoms with E-state index in [2.05, 4.69) is 10.2 Å². The summed E-state index contributed by atoms with van der Waals surface area (Å²) in [4.78, 5) is 4.84. The fraction of sp³-hybridized carbons (Fsp3) is 0.136. The van der Waals surface area contributed by atoms with Crippen LogP contribution >= 0.6 is 0 Å². The highest BCUT2D eigenvalue weighted by molar-refractivity contribution is 5.75. The van der Waals surface area contributed by atoms with E-state index in [1.54, 1.807) is 7.11 Å². The second kappa shape index (κ2) is 7.03. The lowest BCUT2D eigenvalue weighted by atomic mass is 10.1. The first-order chi connectivity index (χ1) is 13.2. The number of rotatable bonds is 4. The number of hydrogen-bond acceptors (Lipinski definition) is 4. The molecule has 5 nitrogen and oxygen atoms in total. The van der Waals surface area contributed by atoms with Gasteiger partial charge in [-0.2, -0.15) is 0 Å². The van der Waals surface area contributed by atoms with Crippen LogP contribution in [-0.2, 0) is 0 Å². The Bertz CT molecular complexity index is 1130. The van der Waals surface area contributed by atoms with Gasteiger partial charge in [-0.3, -0.25) is 4.40 Å². The summed E-state index contributed by atoms with van der Waals surface area (Å²) < 4.78 is 7.24. The van der Waals surface area contributed by atoms with E-state index >= 15 is 0 Å². The second-order valence-electron chi connectivity index (χ2n) is 6.44. The number of benzene rings is 2.